The van der Waals surface area contributed by atoms with E-state index in [1.807, 2.05) is 12.4 Å². The fraction of sp³-hybridized carbons (Fsp3) is 0.450. The highest BCUT2D eigenvalue weighted by molar-refractivity contribution is 5.67. The van der Waals surface area contributed by atoms with Crippen molar-refractivity contribution in [3.8, 4) is 11.1 Å². The molecule has 1 saturated heterocycles. The van der Waals surface area contributed by atoms with Crippen LogP contribution < -0.4 is 0 Å². The van der Waals surface area contributed by atoms with Crippen LogP contribution in [0.25, 0.3) is 11.1 Å². The van der Waals surface area contributed by atoms with E-state index in [1.165, 1.54) is 27.8 Å². The van der Waals surface area contributed by atoms with Crippen molar-refractivity contribution in [1.82, 2.24) is 9.88 Å². The molecule has 2 aromatic rings. The molecule has 2 atom stereocenters. The van der Waals surface area contributed by atoms with Crippen molar-refractivity contribution in [3.05, 3.63) is 53.3 Å². The standard InChI is InChI=1S/C20H26N2O/c1-14-5-6-15(2)20(7-14)19-8-18(9-21-10-19)13-22-11-16(3)23-17(4)12-22/h5-10,16-17H,11-13H2,1-4H3. The van der Waals surface area contributed by atoms with Gasteiger partial charge in [-0.15, -0.1) is 0 Å². The molecular formula is C20H26N2O. The number of morpholine rings is 1. The normalized spacial score (nSPS) is 22.3. The van der Waals surface area contributed by atoms with E-state index < -0.39 is 0 Å². The summed E-state index contributed by atoms with van der Waals surface area (Å²) >= 11 is 0. The molecule has 2 heterocycles. The van der Waals surface area contributed by atoms with Gasteiger partial charge in [0.25, 0.3) is 0 Å². The molecule has 0 amide bonds. The lowest BCUT2D eigenvalue weighted by Crippen LogP contribution is -2.44. The molecule has 3 rings (SSSR count). The largest absolute Gasteiger partial charge is 0.373 e. The van der Waals surface area contributed by atoms with Gasteiger partial charge in [0, 0.05) is 37.6 Å². The first-order valence-corrected chi connectivity index (χ1v) is 8.40. The van der Waals surface area contributed by atoms with E-state index in [1.54, 1.807) is 0 Å². The summed E-state index contributed by atoms with van der Waals surface area (Å²) in [6.07, 6.45) is 4.55. The first kappa shape index (κ1) is 16.2. The summed E-state index contributed by atoms with van der Waals surface area (Å²) in [6.45, 7) is 11.5. The van der Waals surface area contributed by atoms with Crippen LogP contribution in [0.1, 0.15) is 30.5 Å². The third kappa shape index (κ3) is 3.98. The molecule has 1 aromatic heterocycles. The highest BCUT2D eigenvalue weighted by atomic mass is 16.5. The highest BCUT2D eigenvalue weighted by Crippen LogP contribution is 2.25. The van der Waals surface area contributed by atoms with Crippen molar-refractivity contribution >= 4 is 0 Å². The minimum absolute atomic E-state index is 0.300. The van der Waals surface area contributed by atoms with Crippen LogP contribution in [0, 0.1) is 13.8 Å². The summed E-state index contributed by atoms with van der Waals surface area (Å²) in [5, 5.41) is 0. The van der Waals surface area contributed by atoms with Crippen LogP contribution >= 0.6 is 0 Å². The number of nitrogens with zero attached hydrogens (tertiary/aromatic N) is 2. The highest BCUT2D eigenvalue weighted by Gasteiger charge is 2.22. The average molecular weight is 310 g/mol. The zero-order valence-corrected chi connectivity index (χ0v) is 14.5. The van der Waals surface area contributed by atoms with Crippen molar-refractivity contribution < 1.29 is 4.74 Å². The lowest BCUT2D eigenvalue weighted by atomic mass is 9.99. The maximum Gasteiger partial charge on any atom is 0.0678 e. The van der Waals surface area contributed by atoms with Gasteiger partial charge in [0.1, 0.15) is 0 Å². The Morgan fingerprint density at radius 1 is 1.09 bits per heavy atom. The van der Waals surface area contributed by atoms with E-state index in [2.05, 4.69) is 61.8 Å². The number of hydrogen-bond acceptors (Lipinski definition) is 3. The fourth-order valence-corrected chi connectivity index (χ4v) is 3.44. The molecule has 0 spiro atoms. The van der Waals surface area contributed by atoms with Crippen molar-refractivity contribution in [2.24, 2.45) is 0 Å². The number of pyridine rings is 1. The third-order valence-corrected chi connectivity index (χ3v) is 4.40. The average Bonchev–Trinajstić information content (AvgIpc) is 2.49. The predicted octanol–water partition coefficient (Wildman–Crippen LogP) is 3.97. The smallest absolute Gasteiger partial charge is 0.0678 e. The summed E-state index contributed by atoms with van der Waals surface area (Å²) in [4.78, 5) is 6.94. The van der Waals surface area contributed by atoms with Gasteiger partial charge in [0.15, 0.2) is 0 Å². The number of ether oxygens (including phenoxy) is 1. The monoisotopic (exact) mass is 310 g/mol. The Hall–Kier alpha value is -1.71. The Balaban J connectivity index is 1.81. The molecular weight excluding hydrogens is 284 g/mol. The van der Waals surface area contributed by atoms with Crippen molar-refractivity contribution in [1.29, 1.82) is 0 Å². The Morgan fingerprint density at radius 3 is 2.57 bits per heavy atom. The number of hydrogen-bond donors (Lipinski definition) is 0. The van der Waals surface area contributed by atoms with Crippen molar-refractivity contribution in [2.45, 2.75) is 46.4 Å². The van der Waals surface area contributed by atoms with Gasteiger partial charge in [-0.3, -0.25) is 9.88 Å². The van der Waals surface area contributed by atoms with Gasteiger partial charge in [-0.25, -0.2) is 0 Å². The second-order valence-corrected chi connectivity index (χ2v) is 6.85. The SMILES string of the molecule is Cc1ccc(C)c(-c2cncc(CN3CC(C)OC(C)C3)c2)c1. The van der Waals surface area contributed by atoms with Crippen molar-refractivity contribution in [2.75, 3.05) is 13.1 Å². The Kier molecular flexibility index (Phi) is 4.79. The Labute approximate surface area is 139 Å². The molecule has 0 bridgehead atoms. The van der Waals surface area contributed by atoms with Gasteiger partial charge in [0.05, 0.1) is 12.2 Å². The first-order chi connectivity index (χ1) is 11.0. The predicted molar refractivity (Wildman–Crippen MR) is 94.4 cm³/mol. The van der Waals surface area contributed by atoms with Gasteiger partial charge in [-0.05, 0) is 50.5 Å². The van der Waals surface area contributed by atoms with Crippen LogP contribution in [0.5, 0.6) is 0 Å². The van der Waals surface area contributed by atoms with Crippen molar-refractivity contribution in [3.63, 3.8) is 0 Å². The Bertz CT molecular complexity index is 673. The zero-order chi connectivity index (χ0) is 16.4. The maximum atomic E-state index is 5.82. The molecule has 0 aliphatic carbocycles. The zero-order valence-electron chi connectivity index (χ0n) is 14.5. The van der Waals surface area contributed by atoms with Gasteiger partial charge >= 0.3 is 0 Å². The minimum atomic E-state index is 0.300. The molecule has 3 heteroatoms. The summed E-state index contributed by atoms with van der Waals surface area (Å²) in [6, 6.07) is 8.86. The molecule has 23 heavy (non-hydrogen) atoms. The number of aromatic nitrogens is 1. The topological polar surface area (TPSA) is 25.4 Å². The van der Waals surface area contributed by atoms with Crippen LogP contribution in [-0.4, -0.2) is 35.2 Å². The molecule has 122 valence electrons. The summed E-state index contributed by atoms with van der Waals surface area (Å²) in [5.74, 6) is 0. The summed E-state index contributed by atoms with van der Waals surface area (Å²) < 4.78 is 5.82. The van der Waals surface area contributed by atoms with Crippen LogP contribution in [-0.2, 0) is 11.3 Å². The van der Waals surface area contributed by atoms with E-state index in [0.29, 0.717) is 12.2 Å². The fourth-order valence-electron chi connectivity index (χ4n) is 3.44. The molecule has 3 nitrogen and oxygen atoms in total. The maximum absolute atomic E-state index is 5.82. The van der Waals surface area contributed by atoms with E-state index in [9.17, 15) is 0 Å². The molecule has 1 aliphatic heterocycles. The van der Waals surface area contributed by atoms with Crippen LogP contribution in [0.3, 0.4) is 0 Å². The van der Waals surface area contributed by atoms with Gasteiger partial charge in [-0.1, -0.05) is 23.8 Å². The molecule has 1 aliphatic rings. The number of aryl methyl sites for hydroxylation is 2. The number of benzene rings is 1. The second-order valence-electron chi connectivity index (χ2n) is 6.85. The van der Waals surface area contributed by atoms with Crippen LogP contribution in [0.4, 0.5) is 0 Å². The summed E-state index contributed by atoms with van der Waals surface area (Å²) in [7, 11) is 0. The molecule has 1 aromatic carbocycles. The molecule has 1 fully saturated rings. The second kappa shape index (κ2) is 6.81. The van der Waals surface area contributed by atoms with Gasteiger partial charge in [-0.2, -0.15) is 0 Å². The lowest BCUT2D eigenvalue weighted by molar-refractivity contribution is -0.0705. The van der Waals surface area contributed by atoms with Crippen LogP contribution in [0.15, 0.2) is 36.7 Å². The van der Waals surface area contributed by atoms with E-state index in [4.69, 9.17) is 4.74 Å². The molecule has 0 radical (unpaired) electrons. The quantitative estimate of drug-likeness (QED) is 0.857. The Morgan fingerprint density at radius 2 is 1.83 bits per heavy atom. The van der Waals surface area contributed by atoms with E-state index in [0.717, 1.165) is 19.6 Å². The number of rotatable bonds is 3. The lowest BCUT2D eigenvalue weighted by Gasteiger charge is -2.35. The first-order valence-electron chi connectivity index (χ1n) is 8.40. The molecule has 0 saturated carbocycles. The van der Waals surface area contributed by atoms with E-state index >= 15 is 0 Å². The minimum Gasteiger partial charge on any atom is -0.373 e. The van der Waals surface area contributed by atoms with Gasteiger partial charge < -0.3 is 4.74 Å². The molecule has 2 unspecified atom stereocenters. The van der Waals surface area contributed by atoms with Crippen LogP contribution in [0.2, 0.25) is 0 Å². The van der Waals surface area contributed by atoms with E-state index in [-0.39, 0.29) is 0 Å². The summed E-state index contributed by atoms with van der Waals surface area (Å²) in [5.41, 5.74) is 6.33. The third-order valence-electron chi connectivity index (χ3n) is 4.40. The van der Waals surface area contributed by atoms with Gasteiger partial charge in [0.2, 0.25) is 0 Å². The molecule has 0 N–H and O–H groups in total.